The molecule has 2 atom stereocenters. The number of hydrogen-bond acceptors (Lipinski definition) is 4. The van der Waals surface area contributed by atoms with Gasteiger partial charge >= 0.3 is 5.97 Å². The Bertz CT molecular complexity index is 470. The van der Waals surface area contributed by atoms with Crippen LogP contribution in [-0.2, 0) is 4.79 Å². The molecule has 2 heterocycles. The van der Waals surface area contributed by atoms with Crippen molar-refractivity contribution in [1.82, 2.24) is 4.90 Å². The maximum atomic E-state index is 12.4. The minimum absolute atomic E-state index is 0.0542. The Morgan fingerprint density at radius 1 is 1.39 bits per heavy atom. The van der Waals surface area contributed by atoms with Crippen molar-refractivity contribution < 1.29 is 14.7 Å². The number of carbonyl (C=O) groups is 2. The third-order valence-electron chi connectivity index (χ3n) is 3.35. The summed E-state index contributed by atoms with van der Waals surface area (Å²) in [4.78, 5) is 25.3. The van der Waals surface area contributed by atoms with Crippen LogP contribution in [0.25, 0.3) is 0 Å². The zero-order valence-corrected chi connectivity index (χ0v) is 11.2. The number of carbonyl (C=O) groups excluding carboxylic acids is 1. The Morgan fingerprint density at radius 2 is 2.17 bits per heavy atom. The number of carboxylic acids is 1. The van der Waals surface area contributed by atoms with Crippen LogP contribution in [0.2, 0.25) is 0 Å². The summed E-state index contributed by atoms with van der Waals surface area (Å²) in [7, 11) is 0. The maximum Gasteiger partial charge on any atom is 0.327 e. The minimum atomic E-state index is -0.894. The Kier molecular flexibility index (Phi) is 3.07. The molecule has 96 valence electrons. The predicted molar refractivity (Wildman–Crippen MR) is 70.9 cm³/mol. The predicted octanol–water partition coefficient (Wildman–Crippen LogP) is 2.13. The summed E-state index contributed by atoms with van der Waals surface area (Å²) in [5, 5.41) is 12.9. The molecule has 2 fully saturated rings. The molecule has 2 aliphatic rings. The van der Waals surface area contributed by atoms with Gasteiger partial charge in [0.05, 0.1) is 10.9 Å². The van der Waals surface area contributed by atoms with E-state index in [1.54, 1.807) is 28.1 Å². The van der Waals surface area contributed by atoms with E-state index in [1.165, 1.54) is 11.3 Å². The minimum Gasteiger partial charge on any atom is -0.480 e. The van der Waals surface area contributed by atoms with Crippen molar-refractivity contribution in [2.75, 3.05) is 5.75 Å². The first-order valence-electron chi connectivity index (χ1n) is 5.88. The molecule has 1 saturated carbocycles. The highest BCUT2D eigenvalue weighted by Gasteiger charge is 2.48. The van der Waals surface area contributed by atoms with Gasteiger partial charge in [-0.1, -0.05) is 0 Å². The van der Waals surface area contributed by atoms with Crippen molar-refractivity contribution in [2.45, 2.75) is 24.3 Å². The van der Waals surface area contributed by atoms with Crippen molar-refractivity contribution in [1.29, 1.82) is 0 Å². The van der Waals surface area contributed by atoms with Crippen molar-refractivity contribution in [3.8, 4) is 0 Å². The molecule has 18 heavy (non-hydrogen) atoms. The summed E-state index contributed by atoms with van der Waals surface area (Å²) in [5.41, 5.74) is 0.611. The van der Waals surface area contributed by atoms with E-state index in [-0.39, 0.29) is 11.3 Å². The zero-order valence-electron chi connectivity index (χ0n) is 9.61. The number of aliphatic carboxylic acids is 1. The molecule has 6 heteroatoms. The van der Waals surface area contributed by atoms with Gasteiger partial charge in [0, 0.05) is 11.1 Å². The van der Waals surface area contributed by atoms with Crippen LogP contribution >= 0.6 is 23.1 Å². The first-order chi connectivity index (χ1) is 8.68. The molecule has 0 spiro atoms. The number of hydrogen-bond donors (Lipinski definition) is 1. The van der Waals surface area contributed by atoms with Crippen molar-refractivity contribution in [3.05, 3.63) is 22.4 Å². The highest BCUT2D eigenvalue weighted by molar-refractivity contribution is 8.00. The van der Waals surface area contributed by atoms with Crippen LogP contribution in [0.5, 0.6) is 0 Å². The molecule has 0 bridgehead atoms. The normalized spacial score (nSPS) is 27.4. The fourth-order valence-corrected chi connectivity index (χ4v) is 4.51. The van der Waals surface area contributed by atoms with Crippen molar-refractivity contribution >= 4 is 35.0 Å². The van der Waals surface area contributed by atoms with Gasteiger partial charge in [-0.15, -0.1) is 11.8 Å². The molecule has 1 N–H and O–H groups in total. The van der Waals surface area contributed by atoms with E-state index >= 15 is 0 Å². The van der Waals surface area contributed by atoms with E-state index in [1.807, 2.05) is 5.38 Å². The van der Waals surface area contributed by atoms with E-state index in [9.17, 15) is 14.7 Å². The van der Waals surface area contributed by atoms with Gasteiger partial charge in [0.1, 0.15) is 6.04 Å². The van der Waals surface area contributed by atoms with Crippen molar-refractivity contribution in [3.63, 3.8) is 0 Å². The van der Waals surface area contributed by atoms with E-state index in [0.717, 1.165) is 12.8 Å². The van der Waals surface area contributed by atoms with Crippen LogP contribution in [0.15, 0.2) is 16.8 Å². The summed E-state index contributed by atoms with van der Waals surface area (Å²) in [6.45, 7) is 0. The molecule has 1 aliphatic heterocycles. The van der Waals surface area contributed by atoms with E-state index in [2.05, 4.69) is 0 Å². The monoisotopic (exact) mass is 283 g/mol. The standard InChI is InChI=1S/C12H13NO3S2/c14-10(8-3-4-17-5-8)13-9(12(15)16)6-18-11(13)7-1-2-7/h3-5,7,9,11H,1-2,6H2,(H,15,16). The third kappa shape index (κ3) is 2.03. The molecule has 1 aromatic heterocycles. The van der Waals surface area contributed by atoms with Crippen LogP contribution in [0.3, 0.4) is 0 Å². The lowest BCUT2D eigenvalue weighted by Gasteiger charge is -2.27. The van der Waals surface area contributed by atoms with Gasteiger partial charge in [-0.2, -0.15) is 11.3 Å². The second kappa shape index (κ2) is 4.59. The van der Waals surface area contributed by atoms with E-state index in [0.29, 0.717) is 17.2 Å². The molecule has 1 amide bonds. The number of rotatable bonds is 3. The molecule has 3 rings (SSSR count). The Morgan fingerprint density at radius 3 is 2.72 bits per heavy atom. The topological polar surface area (TPSA) is 57.6 Å². The highest BCUT2D eigenvalue weighted by atomic mass is 32.2. The molecule has 0 radical (unpaired) electrons. The molecular formula is C12H13NO3S2. The number of thiophene rings is 1. The second-order valence-electron chi connectivity index (χ2n) is 4.64. The lowest BCUT2D eigenvalue weighted by molar-refractivity contribution is -0.141. The lowest BCUT2D eigenvalue weighted by Crippen LogP contribution is -2.46. The van der Waals surface area contributed by atoms with Gasteiger partial charge in [-0.25, -0.2) is 4.79 Å². The summed E-state index contributed by atoms with van der Waals surface area (Å²) in [6, 6.07) is 1.09. The average molecular weight is 283 g/mol. The van der Waals surface area contributed by atoms with Crippen LogP contribution in [0.4, 0.5) is 0 Å². The highest BCUT2D eigenvalue weighted by Crippen LogP contribution is 2.45. The average Bonchev–Trinajstić information content (AvgIpc) is 2.91. The molecule has 2 unspecified atom stereocenters. The molecule has 1 saturated heterocycles. The largest absolute Gasteiger partial charge is 0.480 e. The Balaban J connectivity index is 1.88. The summed E-state index contributed by atoms with van der Waals surface area (Å²) < 4.78 is 0. The Hall–Kier alpha value is -1.01. The number of nitrogens with zero attached hydrogens (tertiary/aromatic N) is 1. The van der Waals surface area contributed by atoms with Crippen LogP contribution in [-0.4, -0.2) is 39.1 Å². The number of thioether (sulfide) groups is 1. The smallest absolute Gasteiger partial charge is 0.327 e. The zero-order chi connectivity index (χ0) is 12.7. The van der Waals surface area contributed by atoms with Crippen LogP contribution in [0, 0.1) is 5.92 Å². The molecule has 1 aliphatic carbocycles. The second-order valence-corrected chi connectivity index (χ2v) is 6.57. The van der Waals surface area contributed by atoms with Gasteiger partial charge in [0.15, 0.2) is 0 Å². The van der Waals surface area contributed by atoms with E-state index < -0.39 is 12.0 Å². The Labute approximate surface area is 113 Å². The van der Waals surface area contributed by atoms with Gasteiger partial charge in [0.2, 0.25) is 0 Å². The van der Waals surface area contributed by atoms with Gasteiger partial charge < -0.3 is 10.0 Å². The van der Waals surface area contributed by atoms with Gasteiger partial charge in [-0.3, -0.25) is 4.79 Å². The maximum absolute atomic E-state index is 12.4. The first-order valence-corrected chi connectivity index (χ1v) is 7.87. The molecule has 1 aromatic rings. The first kappa shape index (κ1) is 12.0. The van der Waals surface area contributed by atoms with E-state index in [4.69, 9.17) is 0 Å². The summed E-state index contributed by atoms with van der Waals surface area (Å²) in [6.07, 6.45) is 2.22. The molecule has 4 nitrogen and oxygen atoms in total. The van der Waals surface area contributed by atoms with Crippen LogP contribution in [0.1, 0.15) is 23.2 Å². The quantitative estimate of drug-likeness (QED) is 0.923. The van der Waals surface area contributed by atoms with Gasteiger partial charge in [-0.05, 0) is 30.2 Å². The summed E-state index contributed by atoms with van der Waals surface area (Å²) >= 11 is 3.07. The SMILES string of the molecule is O=C(O)C1CSC(C2CC2)N1C(=O)c1ccsc1. The van der Waals surface area contributed by atoms with Crippen molar-refractivity contribution in [2.24, 2.45) is 5.92 Å². The molecule has 0 aromatic carbocycles. The summed E-state index contributed by atoms with van der Waals surface area (Å²) in [5.74, 6) is -0.0338. The lowest BCUT2D eigenvalue weighted by atomic mass is 10.2. The fraction of sp³-hybridized carbons (Fsp3) is 0.500. The van der Waals surface area contributed by atoms with Gasteiger partial charge in [0.25, 0.3) is 5.91 Å². The van der Waals surface area contributed by atoms with Crippen LogP contribution < -0.4 is 0 Å². The number of carboxylic acid groups (broad SMARTS) is 1. The number of amides is 1. The fourth-order valence-electron chi connectivity index (χ4n) is 2.25. The third-order valence-corrected chi connectivity index (χ3v) is 5.49. The molecular weight excluding hydrogens is 270 g/mol.